The van der Waals surface area contributed by atoms with Gasteiger partial charge >= 0.3 is 5.97 Å². The molecule has 4 aromatic rings. The maximum atomic E-state index is 12.6. The van der Waals surface area contributed by atoms with Crippen molar-refractivity contribution in [2.45, 2.75) is 24.9 Å². The summed E-state index contributed by atoms with van der Waals surface area (Å²) in [6.07, 6.45) is 5.51. The van der Waals surface area contributed by atoms with Crippen LogP contribution in [0.25, 0.3) is 16.8 Å². The fraction of sp³-hybridized carbons (Fsp3) is 0.161. The number of fused-ring (bicyclic) bond motifs is 3. The molecule has 4 aromatic carbocycles. The third kappa shape index (κ3) is 5.25. The zero-order valence-electron chi connectivity index (χ0n) is 20.3. The van der Waals surface area contributed by atoms with Crippen LogP contribution in [0.1, 0.15) is 46.3 Å². The number of hydrogen-bond acceptors (Lipinski definition) is 3. The van der Waals surface area contributed by atoms with Crippen molar-refractivity contribution in [1.29, 1.82) is 0 Å². The molecule has 1 amide bonds. The van der Waals surface area contributed by atoms with Crippen LogP contribution < -0.4 is 10.1 Å². The average molecular weight is 496 g/mol. The Labute approximate surface area is 215 Å². The molecule has 6 heteroatoms. The molecule has 0 aromatic heterocycles. The van der Waals surface area contributed by atoms with E-state index in [1.165, 1.54) is 0 Å². The van der Waals surface area contributed by atoms with Crippen LogP contribution in [0, 0.1) is 0 Å². The molecule has 0 radical (unpaired) electrons. The van der Waals surface area contributed by atoms with Gasteiger partial charge in [-0.25, -0.2) is 0 Å². The molecule has 188 valence electrons. The summed E-state index contributed by atoms with van der Waals surface area (Å²) in [4.78, 5) is 23.2. The van der Waals surface area contributed by atoms with Crippen molar-refractivity contribution in [3.8, 4) is 5.75 Å². The van der Waals surface area contributed by atoms with Crippen molar-refractivity contribution in [2.75, 3.05) is 6.54 Å². The first-order valence-corrected chi connectivity index (χ1v) is 12.1. The molecule has 0 atom stereocenters. The van der Waals surface area contributed by atoms with Gasteiger partial charge in [-0.05, 0) is 54.0 Å². The van der Waals surface area contributed by atoms with Crippen molar-refractivity contribution in [3.63, 3.8) is 0 Å². The second-order valence-electron chi connectivity index (χ2n) is 8.92. The van der Waals surface area contributed by atoms with Gasteiger partial charge in [-0.3, -0.25) is 9.59 Å². The van der Waals surface area contributed by atoms with Crippen LogP contribution in [-0.4, -0.2) is 29.0 Å². The topological polar surface area (TPSA) is 107 Å². The number of rotatable bonds is 8. The Balaban J connectivity index is 0.00000320. The van der Waals surface area contributed by atoms with E-state index in [0.717, 1.165) is 33.2 Å². The van der Waals surface area contributed by atoms with Gasteiger partial charge in [0, 0.05) is 35.2 Å². The molecule has 6 nitrogen and oxygen atoms in total. The lowest BCUT2D eigenvalue weighted by molar-refractivity contribution is -0.137. The Hall–Kier alpha value is -4.42. The van der Waals surface area contributed by atoms with E-state index >= 15 is 0 Å². The van der Waals surface area contributed by atoms with Gasteiger partial charge in [0.25, 0.3) is 5.91 Å². The summed E-state index contributed by atoms with van der Waals surface area (Å²) in [6, 6.07) is 30.0. The van der Waals surface area contributed by atoms with E-state index in [0.29, 0.717) is 24.9 Å². The predicted octanol–water partition coefficient (Wildman–Crippen LogP) is 5.35. The van der Waals surface area contributed by atoms with E-state index in [1.54, 1.807) is 0 Å². The fourth-order valence-corrected chi connectivity index (χ4v) is 4.70. The van der Waals surface area contributed by atoms with Gasteiger partial charge in [0.15, 0.2) is 5.60 Å². The normalized spacial score (nSPS) is 13.2. The first-order chi connectivity index (χ1) is 17.6. The van der Waals surface area contributed by atoms with Crippen molar-refractivity contribution < 1.29 is 24.9 Å². The number of carboxylic acid groups (broad SMARTS) is 1. The third-order valence-corrected chi connectivity index (χ3v) is 6.55. The SMILES string of the molecule is O.O=C(O)CCCCNC(=O)c1ccc2c3c(ccc2c1)OC(c1ccccc1)(c1ccccc1)C=C3. The average Bonchev–Trinajstić information content (AvgIpc) is 2.92. The number of carboxylic acids is 1. The summed E-state index contributed by atoms with van der Waals surface area (Å²) in [6.45, 7) is 0.450. The minimum atomic E-state index is -0.818. The van der Waals surface area contributed by atoms with E-state index in [2.05, 4.69) is 41.7 Å². The summed E-state index contributed by atoms with van der Waals surface area (Å²) in [5.74, 6) is -0.195. The highest BCUT2D eigenvalue weighted by Crippen LogP contribution is 2.44. The third-order valence-electron chi connectivity index (χ3n) is 6.55. The monoisotopic (exact) mass is 495 g/mol. The van der Waals surface area contributed by atoms with Gasteiger partial charge in [0.05, 0.1) is 0 Å². The Bertz CT molecular complexity index is 1390. The van der Waals surface area contributed by atoms with Gasteiger partial charge in [-0.15, -0.1) is 0 Å². The zero-order valence-corrected chi connectivity index (χ0v) is 20.3. The molecule has 0 spiro atoms. The number of hydrogen-bond donors (Lipinski definition) is 2. The molecule has 5 rings (SSSR count). The number of carbonyl (C=O) groups excluding carboxylic acids is 1. The van der Waals surface area contributed by atoms with Gasteiger partial charge in [-0.1, -0.05) is 72.8 Å². The standard InChI is InChI=1S/C31H27NO4.H2O/c33-29(34)13-7-8-20-32-30(35)23-14-16-26-22(21-23)15-17-28-27(26)18-19-31(36-28,24-9-3-1-4-10-24)25-11-5-2-6-12-25;/h1-6,9-12,14-19,21H,7-8,13,20H2,(H,32,35)(H,33,34);1H2. The number of ether oxygens (including phenoxy) is 1. The van der Waals surface area contributed by atoms with Gasteiger partial charge < -0.3 is 20.6 Å². The summed E-state index contributed by atoms with van der Waals surface area (Å²) >= 11 is 0. The summed E-state index contributed by atoms with van der Waals surface area (Å²) in [5, 5.41) is 13.6. The smallest absolute Gasteiger partial charge is 0.303 e. The van der Waals surface area contributed by atoms with Crippen molar-refractivity contribution >= 4 is 28.7 Å². The van der Waals surface area contributed by atoms with E-state index < -0.39 is 11.6 Å². The Kier molecular flexibility index (Phi) is 7.70. The second kappa shape index (κ2) is 11.1. The first kappa shape index (κ1) is 25.7. The molecular weight excluding hydrogens is 466 g/mol. The van der Waals surface area contributed by atoms with Crippen molar-refractivity contribution in [3.05, 3.63) is 119 Å². The second-order valence-corrected chi connectivity index (χ2v) is 8.92. The molecule has 0 bridgehead atoms. The van der Waals surface area contributed by atoms with Crippen LogP contribution in [0.15, 0.2) is 97.1 Å². The molecule has 37 heavy (non-hydrogen) atoms. The van der Waals surface area contributed by atoms with Crippen LogP contribution in [0.2, 0.25) is 0 Å². The fourth-order valence-electron chi connectivity index (χ4n) is 4.70. The molecule has 1 aliphatic heterocycles. The van der Waals surface area contributed by atoms with E-state index in [1.807, 2.05) is 66.7 Å². The lowest BCUT2D eigenvalue weighted by Gasteiger charge is -2.36. The maximum Gasteiger partial charge on any atom is 0.303 e. The number of unbranched alkanes of at least 4 members (excludes halogenated alkanes) is 1. The molecule has 0 fully saturated rings. The predicted molar refractivity (Wildman–Crippen MR) is 145 cm³/mol. The molecule has 0 saturated carbocycles. The quantitative estimate of drug-likeness (QED) is 0.321. The Morgan fingerprint density at radius 3 is 2.16 bits per heavy atom. The van der Waals surface area contributed by atoms with Crippen molar-refractivity contribution in [1.82, 2.24) is 5.32 Å². The molecule has 4 N–H and O–H groups in total. The highest BCUT2D eigenvalue weighted by atomic mass is 16.5. The van der Waals surface area contributed by atoms with Crippen LogP contribution in [0.5, 0.6) is 5.75 Å². The summed E-state index contributed by atoms with van der Waals surface area (Å²) in [5.41, 5.74) is 2.92. The molecular formula is C31H29NO5. The van der Waals surface area contributed by atoms with Gasteiger partial charge in [0.1, 0.15) is 5.75 Å². The molecule has 1 aliphatic rings. The minimum absolute atomic E-state index is 0. The molecule has 0 saturated heterocycles. The summed E-state index contributed by atoms with van der Waals surface area (Å²) in [7, 11) is 0. The molecule has 0 aliphatic carbocycles. The number of benzene rings is 4. The maximum absolute atomic E-state index is 12.6. The van der Waals surface area contributed by atoms with E-state index in [-0.39, 0.29) is 17.8 Å². The van der Waals surface area contributed by atoms with Crippen LogP contribution >= 0.6 is 0 Å². The molecule has 0 unspecified atom stereocenters. The van der Waals surface area contributed by atoms with E-state index in [4.69, 9.17) is 9.84 Å². The zero-order chi connectivity index (χ0) is 25.0. The number of carbonyl (C=O) groups is 2. The lowest BCUT2D eigenvalue weighted by Crippen LogP contribution is -2.34. The lowest BCUT2D eigenvalue weighted by atomic mass is 9.83. The number of nitrogens with one attached hydrogen (secondary N) is 1. The Morgan fingerprint density at radius 2 is 1.51 bits per heavy atom. The van der Waals surface area contributed by atoms with Crippen LogP contribution in [0.4, 0.5) is 0 Å². The largest absolute Gasteiger partial charge is 0.481 e. The Morgan fingerprint density at radius 1 is 0.838 bits per heavy atom. The summed E-state index contributed by atoms with van der Waals surface area (Å²) < 4.78 is 6.76. The van der Waals surface area contributed by atoms with Crippen molar-refractivity contribution in [2.24, 2.45) is 0 Å². The molecule has 1 heterocycles. The number of aliphatic carboxylic acids is 1. The van der Waals surface area contributed by atoms with Crippen LogP contribution in [-0.2, 0) is 10.4 Å². The minimum Gasteiger partial charge on any atom is -0.481 e. The number of amides is 1. The van der Waals surface area contributed by atoms with Gasteiger partial charge in [0.2, 0.25) is 0 Å². The van der Waals surface area contributed by atoms with Crippen LogP contribution in [0.3, 0.4) is 0 Å². The van der Waals surface area contributed by atoms with Gasteiger partial charge in [-0.2, -0.15) is 0 Å². The van der Waals surface area contributed by atoms with E-state index in [9.17, 15) is 9.59 Å². The highest BCUT2D eigenvalue weighted by molar-refractivity contribution is 6.01. The first-order valence-electron chi connectivity index (χ1n) is 12.1. The highest BCUT2D eigenvalue weighted by Gasteiger charge is 2.37.